The maximum absolute atomic E-state index is 12.1. The monoisotopic (exact) mass is 270 g/mol. The molecule has 2 aromatic rings. The Hall–Kier alpha value is -2.34. The molecule has 0 atom stereocenters. The van der Waals surface area contributed by atoms with Crippen molar-refractivity contribution < 1.29 is 4.79 Å². The van der Waals surface area contributed by atoms with E-state index in [9.17, 15) is 4.79 Å². The molecule has 94 valence electrons. The average molecular weight is 270 g/mol. The third-order valence-electron chi connectivity index (χ3n) is 2.77. The molecule has 0 N–H and O–H groups in total. The van der Waals surface area contributed by atoms with Crippen LogP contribution in [0.4, 0.5) is 11.6 Å². The zero-order chi connectivity index (χ0) is 13.2. The van der Waals surface area contributed by atoms with Crippen molar-refractivity contribution in [3.8, 4) is 0 Å². The average Bonchev–Trinajstić information content (AvgIpc) is 2.76. The normalized spacial score (nSPS) is 15.2. The summed E-state index contributed by atoms with van der Waals surface area (Å²) in [7, 11) is 0. The van der Waals surface area contributed by atoms with E-state index in [4.69, 9.17) is 12.2 Å². The minimum absolute atomic E-state index is 0.102. The lowest BCUT2D eigenvalue weighted by Gasteiger charge is -2.18. The molecule has 0 bridgehead atoms. The van der Waals surface area contributed by atoms with Crippen molar-refractivity contribution in [1.29, 1.82) is 0 Å². The zero-order valence-corrected chi connectivity index (χ0v) is 10.7. The van der Waals surface area contributed by atoms with Gasteiger partial charge in [0.05, 0.1) is 0 Å². The molecule has 0 aromatic carbocycles. The topological polar surface area (TPSA) is 49.3 Å². The van der Waals surface area contributed by atoms with E-state index in [2.05, 4.69) is 9.97 Å². The first-order chi connectivity index (χ1) is 9.27. The van der Waals surface area contributed by atoms with Crippen molar-refractivity contribution in [2.24, 2.45) is 0 Å². The van der Waals surface area contributed by atoms with Gasteiger partial charge < -0.3 is 0 Å². The minimum atomic E-state index is -0.102. The van der Waals surface area contributed by atoms with Crippen molar-refractivity contribution >= 4 is 34.9 Å². The third kappa shape index (κ3) is 2.06. The van der Waals surface area contributed by atoms with Crippen LogP contribution in [0.1, 0.15) is 0 Å². The van der Waals surface area contributed by atoms with Crippen molar-refractivity contribution in [3.63, 3.8) is 0 Å². The highest BCUT2D eigenvalue weighted by molar-refractivity contribution is 7.81. The van der Waals surface area contributed by atoms with Crippen LogP contribution in [-0.4, -0.2) is 27.5 Å². The Morgan fingerprint density at radius 1 is 1.00 bits per heavy atom. The van der Waals surface area contributed by atoms with Crippen molar-refractivity contribution in [1.82, 2.24) is 9.97 Å². The number of thiocarbonyl (C=S) groups is 1. The summed E-state index contributed by atoms with van der Waals surface area (Å²) in [5.74, 6) is 1.10. The van der Waals surface area contributed by atoms with E-state index in [1.165, 1.54) is 4.90 Å². The standard InChI is InChI=1S/C13H10N4OS/c18-12-9-16(10-5-1-3-7-14-10)13(19)17(12)11-6-2-4-8-15-11/h1-8H,9H2. The van der Waals surface area contributed by atoms with Gasteiger partial charge in [0.15, 0.2) is 5.11 Å². The van der Waals surface area contributed by atoms with Crippen LogP contribution in [0.15, 0.2) is 48.8 Å². The SMILES string of the molecule is O=C1CN(c2ccccn2)C(=S)N1c1ccccn1. The predicted octanol–water partition coefficient (Wildman–Crippen LogP) is 1.61. The molecule has 6 heteroatoms. The number of hydrogen-bond donors (Lipinski definition) is 0. The van der Waals surface area contributed by atoms with Gasteiger partial charge in [-0.3, -0.25) is 9.69 Å². The van der Waals surface area contributed by atoms with E-state index < -0.39 is 0 Å². The molecule has 0 saturated carbocycles. The summed E-state index contributed by atoms with van der Waals surface area (Å²) in [5.41, 5.74) is 0. The van der Waals surface area contributed by atoms with E-state index >= 15 is 0 Å². The molecule has 5 nitrogen and oxygen atoms in total. The molecule has 1 saturated heterocycles. The molecule has 0 unspecified atom stereocenters. The molecule has 0 spiro atoms. The molecule has 1 fully saturated rings. The number of hydrogen-bond acceptors (Lipinski definition) is 4. The molecule has 0 radical (unpaired) electrons. The molecule has 0 aliphatic carbocycles. The minimum Gasteiger partial charge on any atom is -0.293 e. The van der Waals surface area contributed by atoms with Gasteiger partial charge in [-0.15, -0.1) is 0 Å². The highest BCUT2D eigenvalue weighted by Crippen LogP contribution is 2.22. The Morgan fingerprint density at radius 3 is 2.21 bits per heavy atom. The molecule has 3 heterocycles. The summed E-state index contributed by atoms with van der Waals surface area (Å²) in [6.07, 6.45) is 3.31. The van der Waals surface area contributed by atoms with Crippen LogP contribution in [0, 0.1) is 0 Å². The molecular formula is C13H10N4OS. The molecule has 1 aliphatic rings. The maximum Gasteiger partial charge on any atom is 0.254 e. The van der Waals surface area contributed by atoms with E-state index in [0.717, 1.165) is 0 Å². The van der Waals surface area contributed by atoms with Crippen LogP contribution in [0.2, 0.25) is 0 Å². The van der Waals surface area contributed by atoms with Crippen LogP contribution in [0.5, 0.6) is 0 Å². The fourth-order valence-corrected chi connectivity index (χ4v) is 2.26. The van der Waals surface area contributed by atoms with Crippen LogP contribution in [0.25, 0.3) is 0 Å². The Kier molecular flexibility index (Phi) is 2.92. The van der Waals surface area contributed by atoms with Crippen molar-refractivity contribution in [2.75, 3.05) is 16.3 Å². The first-order valence-corrected chi connectivity index (χ1v) is 6.15. The number of amides is 1. The zero-order valence-electron chi connectivity index (χ0n) is 9.93. The number of rotatable bonds is 2. The Balaban J connectivity index is 1.94. The van der Waals surface area contributed by atoms with E-state index in [1.54, 1.807) is 29.4 Å². The largest absolute Gasteiger partial charge is 0.293 e. The lowest BCUT2D eigenvalue weighted by molar-refractivity contribution is -0.115. The summed E-state index contributed by atoms with van der Waals surface area (Å²) < 4.78 is 0. The molecule has 19 heavy (non-hydrogen) atoms. The molecule has 3 rings (SSSR count). The molecule has 2 aromatic heterocycles. The Morgan fingerprint density at radius 2 is 1.63 bits per heavy atom. The summed E-state index contributed by atoms with van der Waals surface area (Å²) in [4.78, 5) is 23.6. The highest BCUT2D eigenvalue weighted by atomic mass is 32.1. The van der Waals surface area contributed by atoms with Gasteiger partial charge in [0.2, 0.25) is 0 Å². The summed E-state index contributed by atoms with van der Waals surface area (Å²) >= 11 is 5.35. The van der Waals surface area contributed by atoms with Crippen LogP contribution in [0.3, 0.4) is 0 Å². The van der Waals surface area contributed by atoms with E-state index in [-0.39, 0.29) is 12.5 Å². The van der Waals surface area contributed by atoms with Crippen molar-refractivity contribution in [2.45, 2.75) is 0 Å². The molecular weight excluding hydrogens is 260 g/mol. The van der Waals surface area contributed by atoms with Gasteiger partial charge in [0.25, 0.3) is 5.91 Å². The van der Waals surface area contributed by atoms with Gasteiger partial charge >= 0.3 is 0 Å². The number of pyridine rings is 2. The second kappa shape index (κ2) is 4.74. The van der Waals surface area contributed by atoms with Gasteiger partial charge in [-0.25, -0.2) is 14.9 Å². The fraction of sp³-hybridized carbons (Fsp3) is 0.0769. The number of aromatic nitrogens is 2. The first kappa shape index (κ1) is 11.7. The van der Waals surface area contributed by atoms with E-state index in [0.29, 0.717) is 16.7 Å². The Labute approximate surface area is 115 Å². The van der Waals surface area contributed by atoms with Gasteiger partial charge in [0.1, 0.15) is 18.2 Å². The quantitative estimate of drug-likeness (QED) is 0.776. The number of anilines is 2. The lowest BCUT2D eigenvalue weighted by atomic mass is 10.4. The van der Waals surface area contributed by atoms with Crippen LogP contribution < -0.4 is 9.80 Å². The van der Waals surface area contributed by atoms with E-state index in [1.807, 2.05) is 24.3 Å². The second-order valence-corrected chi connectivity index (χ2v) is 4.34. The summed E-state index contributed by atoms with van der Waals surface area (Å²) in [6, 6.07) is 10.9. The predicted molar refractivity (Wildman–Crippen MR) is 75.9 cm³/mol. The Bertz CT molecular complexity index is 617. The second-order valence-electron chi connectivity index (χ2n) is 3.97. The van der Waals surface area contributed by atoms with Crippen molar-refractivity contribution in [3.05, 3.63) is 48.8 Å². The fourth-order valence-electron chi connectivity index (χ4n) is 1.91. The molecule has 1 aliphatic heterocycles. The first-order valence-electron chi connectivity index (χ1n) is 5.74. The number of carbonyl (C=O) groups is 1. The van der Waals surface area contributed by atoms with Gasteiger partial charge in [0, 0.05) is 12.4 Å². The van der Waals surface area contributed by atoms with Crippen LogP contribution >= 0.6 is 12.2 Å². The third-order valence-corrected chi connectivity index (χ3v) is 3.17. The lowest BCUT2D eigenvalue weighted by Crippen LogP contribution is -2.33. The molecule has 1 amide bonds. The van der Waals surface area contributed by atoms with Gasteiger partial charge in [-0.05, 0) is 36.5 Å². The number of carbonyl (C=O) groups excluding carboxylic acids is 1. The smallest absolute Gasteiger partial charge is 0.254 e. The summed E-state index contributed by atoms with van der Waals surface area (Å²) in [5, 5.41) is 0.405. The highest BCUT2D eigenvalue weighted by Gasteiger charge is 2.35. The summed E-state index contributed by atoms with van der Waals surface area (Å²) in [6.45, 7) is 0.187. The number of nitrogens with zero attached hydrogens (tertiary/aromatic N) is 4. The van der Waals surface area contributed by atoms with Gasteiger partial charge in [-0.2, -0.15) is 0 Å². The van der Waals surface area contributed by atoms with Crippen LogP contribution in [-0.2, 0) is 4.79 Å². The maximum atomic E-state index is 12.1. The van der Waals surface area contributed by atoms with Gasteiger partial charge in [-0.1, -0.05) is 12.1 Å².